The second-order valence-electron chi connectivity index (χ2n) is 3.99. The third-order valence-corrected chi connectivity index (χ3v) is 2.91. The van der Waals surface area contributed by atoms with Crippen molar-refractivity contribution in [3.05, 3.63) is 61.1 Å². The van der Waals surface area contributed by atoms with E-state index in [4.69, 9.17) is 4.74 Å². The number of alkyl halides is 1. The van der Waals surface area contributed by atoms with Crippen LogP contribution in [-0.2, 0) is 10.3 Å². The van der Waals surface area contributed by atoms with Gasteiger partial charge in [0.05, 0.1) is 12.3 Å². The smallest absolute Gasteiger partial charge is 0.177 e. The molecule has 0 bridgehead atoms. The molecular formula is C14H13F2NO. The number of ether oxygens (including phenoxy) is 1. The normalized spacial score (nSPS) is 24.4. The minimum Gasteiger partial charge on any atom is -0.361 e. The van der Waals surface area contributed by atoms with Gasteiger partial charge < -0.3 is 4.74 Å². The van der Waals surface area contributed by atoms with Crippen LogP contribution in [-0.4, -0.2) is 18.5 Å². The number of halogens is 2. The van der Waals surface area contributed by atoms with Crippen LogP contribution in [0.25, 0.3) is 0 Å². The van der Waals surface area contributed by atoms with E-state index in [0.717, 1.165) is 0 Å². The summed E-state index contributed by atoms with van der Waals surface area (Å²) in [6.07, 6.45) is 1.14. The highest BCUT2D eigenvalue weighted by Gasteiger charge is 2.55. The van der Waals surface area contributed by atoms with Crippen molar-refractivity contribution in [3.8, 4) is 0 Å². The summed E-state index contributed by atoms with van der Waals surface area (Å²) < 4.78 is 32.5. The zero-order valence-corrected chi connectivity index (χ0v) is 9.77. The monoisotopic (exact) mass is 249 g/mol. The molecule has 1 aromatic rings. The molecule has 0 radical (unpaired) electrons. The van der Waals surface area contributed by atoms with Crippen molar-refractivity contribution >= 4 is 5.71 Å². The average molecular weight is 249 g/mol. The van der Waals surface area contributed by atoms with Gasteiger partial charge >= 0.3 is 0 Å². The van der Waals surface area contributed by atoms with Crippen molar-refractivity contribution < 1.29 is 13.5 Å². The van der Waals surface area contributed by atoms with Crippen molar-refractivity contribution in [3.63, 3.8) is 0 Å². The first-order valence-electron chi connectivity index (χ1n) is 5.49. The van der Waals surface area contributed by atoms with E-state index in [1.807, 2.05) is 0 Å². The van der Waals surface area contributed by atoms with Gasteiger partial charge in [0, 0.05) is 6.20 Å². The molecule has 4 heteroatoms. The maximum atomic E-state index is 14.4. The topological polar surface area (TPSA) is 24.9 Å². The van der Waals surface area contributed by atoms with E-state index >= 15 is 0 Å². The van der Waals surface area contributed by atoms with Crippen LogP contribution < -0.4 is 0 Å². The number of allylic oxidation sites excluding steroid dienone is 1. The zero-order chi connectivity index (χ0) is 13.2. The SMILES string of the molecule is C=CN=C(C=C)C(F)C1(c2ccc(F)cc2)CO1. The molecule has 1 saturated heterocycles. The Kier molecular flexibility index (Phi) is 3.39. The first-order chi connectivity index (χ1) is 8.64. The molecule has 0 spiro atoms. The van der Waals surface area contributed by atoms with E-state index in [-0.39, 0.29) is 18.1 Å². The summed E-state index contributed by atoms with van der Waals surface area (Å²) in [5, 5.41) is 0. The van der Waals surface area contributed by atoms with Gasteiger partial charge in [0.2, 0.25) is 0 Å². The summed E-state index contributed by atoms with van der Waals surface area (Å²) in [7, 11) is 0. The van der Waals surface area contributed by atoms with Gasteiger partial charge in [0.15, 0.2) is 11.8 Å². The molecule has 0 saturated carbocycles. The van der Waals surface area contributed by atoms with E-state index in [1.165, 1.54) is 36.5 Å². The Balaban J connectivity index is 2.31. The predicted octanol–water partition coefficient (Wildman–Crippen LogP) is 3.16. The lowest BCUT2D eigenvalue weighted by Crippen LogP contribution is -2.30. The molecule has 0 N–H and O–H groups in total. The minimum absolute atomic E-state index is 0.159. The molecule has 1 aromatic carbocycles. The third-order valence-electron chi connectivity index (χ3n) is 2.91. The molecule has 1 heterocycles. The Bertz CT molecular complexity index is 489. The minimum atomic E-state index is -1.45. The molecule has 1 fully saturated rings. The number of hydrogen-bond acceptors (Lipinski definition) is 2. The summed E-state index contributed by atoms with van der Waals surface area (Å²) in [5.41, 5.74) is -0.314. The highest BCUT2D eigenvalue weighted by Crippen LogP contribution is 2.44. The van der Waals surface area contributed by atoms with Crippen LogP contribution in [0.1, 0.15) is 5.56 Å². The maximum absolute atomic E-state index is 14.4. The molecule has 2 unspecified atom stereocenters. The van der Waals surface area contributed by atoms with Gasteiger partial charge in [-0.1, -0.05) is 25.3 Å². The number of benzene rings is 1. The average Bonchev–Trinajstić information content (AvgIpc) is 3.17. The number of nitrogens with zero attached hydrogens (tertiary/aromatic N) is 1. The lowest BCUT2D eigenvalue weighted by Gasteiger charge is -2.17. The number of epoxide rings is 1. The van der Waals surface area contributed by atoms with E-state index < -0.39 is 11.8 Å². The van der Waals surface area contributed by atoms with Crippen molar-refractivity contribution in [1.82, 2.24) is 0 Å². The summed E-state index contributed by atoms with van der Waals surface area (Å²) in [6.45, 7) is 7.18. The Morgan fingerprint density at radius 3 is 2.44 bits per heavy atom. The van der Waals surface area contributed by atoms with Gasteiger partial charge in [-0.2, -0.15) is 0 Å². The molecule has 18 heavy (non-hydrogen) atoms. The predicted molar refractivity (Wildman–Crippen MR) is 66.8 cm³/mol. The molecule has 2 nitrogen and oxygen atoms in total. The van der Waals surface area contributed by atoms with E-state index in [1.54, 1.807) is 0 Å². The van der Waals surface area contributed by atoms with Crippen molar-refractivity contribution in [2.24, 2.45) is 4.99 Å². The van der Waals surface area contributed by atoms with Gasteiger partial charge in [0.25, 0.3) is 0 Å². The maximum Gasteiger partial charge on any atom is 0.177 e. The molecule has 0 amide bonds. The summed E-state index contributed by atoms with van der Waals surface area (Å²) >= 11 is 0. The Hall–Kier alpha value is -1.81. The quantitative estimate of drug-likeness (QED) is 0.581. The highest BCUT2D eigenvalue weighted by atomic mass is 19.1. The van der Waals surface area contributed by atoms with Crippen molar-refractivity contribution in [1.29, 1.82) is 0 Å². The zero-order valence-electron chi connectivity index (χ0n) is 9.77. The fraction of sp³-hybridized carbons (Fsp3) is 0.214. The first-order valence-corrected chi connectivity index (χ1v) is 5.49. The number of rotatable bonds is 5. The molecule has 2 atom stereocenters. The highest BCUT2D eigenvalue weighted by molar-refractivity contribution is 5.99. The molecular weight excluding hydrogens is 236 g/mol. The number of aliphatic imine (C=N–C) groups is 1. The Morgan fingerprint density at radius 2 is 2.00 bits per heavy atom. The van der Waals surface area contributed by atoms with E-state index in [2.05, 4.69) is 18.2 Å². The van der Waals surface area contributed by atoms with Crippen molar-refractivity contribution in [2.45, 2.75) is 11.8 Å². The van der Waals surface area contributed by atoms with Gasteiger partial charge in [-0.3, -0.25) is 4.99 Å². The van der Waals surface area contributed by atoms with Crippen LogP contribution in [0.4, 0.5) is 8.78 Å². The van der Waals surface area contributed by atoms with Crippen LogP contribution in [0.15, 0.2) is 54.7 Å². The largest absolute Gasteiger partial charge is 0.361 e. The van der Waals surface area contributed by atoms with Gasteiger partial charge in [-0.15, -0.1) is 0 Å². The molecule has 94 valence electrons. The van der Waals surface area contributed by atoms with Crippen LogP contribution in [0.2, 0.25) is 0 Å². The number of hydrogen-bond donors (Lipinski definition) is 0. The molecule has 1 aliphatic heterocycles. The second kappa shape index (κ2) is 4.82. The van der Waals surface area contributed by atoms with Gasteiger partial charge in [0.1, 0.15) is 5.82 Å². The second-order valence-corrected chi connectivity index (χ2v) is 3.99. The third kappa shape index (κ3) is 2.11. The molecule has 1 aliphatic rings. The van der Waals surface area contributed by atoms with Crippen LogP contribution in [0.5, 0.6) is 0 Å². The molecule has 0 aliphatic carbocycles. The summed E-state index contributed by atoms with van der Waals surface area (Å²) in [4.78, 5) is 3.83. The van der Waals surface area contributed by atoms with E-state index in [0.29, 0.717) is 5.56 Å². The Labute approximate surface area is 104 Å². The first kappa shape index (κ1) is 12.6. The molecule has 0 aromatic heterocycles. The van der Waals surface area contributed by atoms with Gasteiger partial charge in [-0.25, -0.2) is 8.78 Å². The summed E-state index contributed by atoms with van der Waals surface area (Å²) in [5.74, 6) is -0.367. The molecule has 2 rings (SSSR count). The lowest BCUT2D eigenvalue weighted by molar-refractivity contribution is 0.211. The summed E-state index contributed by atoms with van der Waals surface area (Å²) in [6, 6.07) is 5.60. The van der Waals surface area contributed by atoms with Crippen LogP contribution >= 0.6 is 0 Å². The van der Waals surface area contributed by atoms with Crippen LogP contribution in [0.3, 0.4) is 0 Å². The van der Waals surface area contributed by atoms with E-state index in [9.17, 15) is 8.78 Å². The van der Waals surface area contributed by atoms with Gasteiger partial charge in [-0.05, 0) is 23.8 Å². The van der Waals surface area contributed by atoms with Crippen molar-refractivity contribution in [2.75, 3.05) is 6.61 Å². The van der Waals surface area contributed by atoms with Crippen LogP contribution in [0, 0.1) is 5.82 Å². The Morgan fingerprint density at radius 1 is 1.39 bits per heavy atom. The standard InChI is InChI=1S/C14H13F2NO/c1-3-12(17-4-2)13(16)14(9-18-14)10-5-7-11(15)8-6-10/h3-8,13H,1-2,9H2. The fourth-order valence-electron chi connectivity index (χ4n) is 1.83. The fourth-order valence-corrected chi connectivity index (χ4v) is 1.83. The lowest BCUT2D eigenvalue weighted by atomic mass is 9.92.